The number of benzene rings is 1. The van der Waals surface area contributed by atoms with Crippen LogP contribution in [0, 0.1) is 0 Å². The molecule has 2 aromatic rings. The topological polar surface area (TPSA) is 48.4 Å². The Hall–Kier alpha value is -1.95. The highest BCUT2D eigenvalue weighted by Crippen LogP contribution is 2.23. The number of halogens is 3. The van der Waals surface area contributed by atoms with Gasteiger partial charge in [0.25, 0.3) is 0 Å². The fourth-order valence-corrected chi connectivity index (χ4v) is 2.01. The minimum absolute atomic E-state index is 0.0792. The van der Waals surface area contributed by atoms with Crippen molar-refractivity contribution in [3.63, 3.8) is 0 Å². The second-order valence-electron chi connectivity index (χ2n) is 4.77. The summed E-state index contributed by atoms with van der Waals surface area (Å²) >= 11 is 0. The second kappa shape index (κ2) is 6.67. The Morgan fingerprint density at radius 1 is 1.14 bits per heavy atom. The van der Waals surface area contributed by atoms with Gasteiger partial charge >= 0.3 is 6.36 Å². The van der Waals surface area contributed by atoms with Crippen LogP contribution in [0.15, 0.2) is 47.1 Å². The van der Waals surface area contributed by atoms with E-state index < -0.39 is 6.36 Å². The molecule has 2 N–H and O–H groups in total. The summed E-state index contributed by atoms with van der Waals surface area (Å²) in [6.07, 6.45) is -0.980. The average Bonchev–Trinajstić information content (AvgIpc) is 2.90. The normalized spacial score (nSPS) is 13.1. The van der Waals surface area contributed by atoms with E-state index in [1.807, 2.05) is 12.1 Å². The van der Waals surface area contributed by atoms with Crippen molar-refractivity contribution in [3.8, 4) is 5.75 Å². The van der Waals surface area contributed by atoms with Gasteiger partial charge < -0.3 is 14.9 Å². The summed E-state index contributed by atoms with van der Waals surface area (Å²) < 4.78 is 45.1. The van der Waals surface area contributed by atoms with Crippen molar-refractivity contribution < 1.29 is 22.3 Å². The zero-order chi connectivity index (χ0) is 15.3. The smallest absolute Gasteiger partial charge is 0.469 e. The Morgan fingerprint density at radius 2 is 1.86 bits per heavy atom. The summed E-state index contributed by atoms with van der Waals surface area (Å²) in [6.45, 7) is 0. The third-order valence-corrected chi connectivity index (χ3v) is 3.00. The fourth-order valence-electron chi connectivity index (χ4n) is 2.01. The van der Waals surface area contributed by atoms with Gasteiger partial charge in [0, 0.05) is 12.5 Å². The maximum atomic E-state index is 12.0. The molecule has 0 aliphatic carbocycles. The molecule has 6 heteroatoms. The number of nitrogens with two attached hydrogens (primary N) is 1. The maximum Gasteiger partial charge on any atom is 0.573 e. The van der Waals surface area contributed by atoms with Crippen molar-refractivity contribution in [2.45, 2.75) is 31.7 Å². The van der Waals surface area contributed by atoms with Crippen molar-refractivity contribution >= 4 is 0 Å². The van der Waals surface area contributed by atoms with Crippen molar-refractivity contribution in [2.75, 3.05) is 0 Å². The number of hydrogen-bond donors (Lipinski definition) is 1. The molecule has 0 fully saturated rings. The molecule has 0 aliphatic rings. The predicted octanol–water partition coefficient (Wildman–Crippen LogP) is 3.68. The first-order valence-corrected chi connectivity index (χ1v) is 6.55. The first kappa shape index (κ1) is 15.4. The van der Waals surface area contributed by atoms with Gasteiger partial charge in [-0.05, 0) is 42.7 Å². The van der Waals surface area contributed by atoms with Gasteiger partial charge in [-0.15, -0.1) is 13.2 Å². The molecule has 2 rings (SSSR count). The van der Waals surface area contributed by atoms with Crippen LogP contribution in [-0.4, -0.2) is 12.4 Å². The molecule has 3 nitrogen and oxygen atoms in total. The molecule has 1 heterocycles. The average molecular weight is 299 g/mol. The molecule has 0 saturated heterocycles. The molecular weight excluding hydrogens is 283 g/mol. The Labute approximate surface area is 120 Å². The van der Waals surface area contributed by atoms with Crippen molar-refractivity contribution in [2.24, 2.45) is 5.73 Å². The number of alkyl halides is 3. The van der Waals surface area contributed by atoms with E-state index in [9.17, 15) is 13.2 Å². The molecule has 1 aromatic heterocycles. The molecule has 0 aliphatic heterocycles. The van der Waals surface area contributed by atoms with Crippen molar-refractivity contribution in [1.29, 1.82) is 0 Å². The van der Waals surface area contributed by atoms with E-state index in [-0.39, 0.29) is 11.8 Å². The van der Waals surface area contributed by atoms with E-state index in [0.29, 0.717) is 6.42 Å². The summed E-state index contributed by atoms with van der Waals surface area (Å²) in [4.78, 5) is 0. The molecule has 21 heavy (non-hydrogen) atoms. The largest absolute Gasteiger partial charge is 0.573 e. The highest BCUT2D eigenvalue weighted by molar-refractivity contribution is 5.28. The molecule has 0 bridgehead atoms. The second-order valence-corrected chi connectivity index (χ2v) is 4.77. The first-order chi connectivity index (χ1) is 9.92. The minimum atomic E-state index is -4.67. The lowest BCUT2D eigenvalue weighted by Gasteiger charge is -2.12. The van der Waals surface area contributed by atoms with Crippen LogP contribution < -0.4 is 10.5 Å². The Kier molecular flexibility index (Phi) is 4.90. The van der Waals surface area contributed by atoms with E-state index in [1.165, 1.54) is 12.1 Å². The first-order valence-electron chi connectivity index (χ1n) is 6.55. The summed E-state index contributed by atoms with van der Waals surface area (Å²) in [5, 5.41) is 0. The zero-order valence-corrected chi connectivity index (χ0v) is 11.3. The highest BCUT2D eigenvalue weighted by atomic mass is 19.4. The van der Waals surface area contributed by atoms with Crippen molar-refractivity contribution in [1.82, 2.24) is 0 Å². The number of hydrogen-bond acceptors (Lipinski definition) is 3. The Balaban J connectivity index is 1.82. The third-order valence-electron chi connectivity index (χ3n) is 3.00. The van der Waals surface area contributed by atoms with E-state index in [1.54, 1.807) is 18.4 Å². The molecule has 0 amide bonds. The van der Waals surface area contributed by atoms with Crippen LogP contribution in [0.3, 0.4) is 0 Å². The maximum absolute atomic E-state index is 12.0. The molecule has 0 spiro atoms. The highest BCUT2D eigenvalue weighted by Gasteiger charge is 2.30. The van der Waals surface area contributed by atoms with Crippen LogP contribution in [0.5, 0.6) is 5.75 Å². The van der Waals surface area contributed by atoms with E-state index >= 15 is 0 Å². The van der Waals surface area contributed by atoms with Gasteiger partial charge in [-0.1, -0.05) is 12.1 Å². The van der Waals surface area contributed by atoms with E-state index in [4.69, 9.17) is 10.2 Å². The van der Waals surface area contributed by atoms with Gasteiger partial charge in [-0.2, -0.15) is 0 Å². The van der Waals surface area contributed by atoms with Crippen LogP contribution in [0.25, 0.3) is 0 Å². The van der Waals surface area contributed by atoms with Gasteiger partial charge in [0.1, 0.15) is 11.5 Å². The lowest BCUT2D eigenvalue weighted by Crippen LogP contribution is -2.23. The van der Waals surface area contributed by atoms with E-state index in [0.717, 1.165) is 24.2 Å². The SMILES string of the molecule is NC(CCc1ccco1)Cc1ccc(OC(F)(F)F)cc1. The lowest BCUT2D eigenvalue weighted by atomic mass is 10.0. The summed E-state index contributed by atoms with van der Waals surface area (Å²) in [5.41, 5.74) is 6.88. The third kappa shape index (κ3) is 5.51. The summed E-state index contributed by atoms with van der Waals surface area (Å²) in [5.74, 6) is 0.648. The lowest BCUT2D eigenvalue weighted by molar-refractivity contribution is -0.274. The molecule has 1 atom stereocenters. The molecule has 1 aromatic carbocycles. The Bertz CT molecular complexity index is 535. The minimum Gasteiger partial charge on any atom is -0.469 e. The number of ether oxygens (including phenoxy) is 1. The number of aryl methyl sites for hydroxylation is 1. The van der Waals surface area contributed by atoms with Crippen LogP contribution in [0.4, 0.5) is 13.2 Å². The molecule has 0 radical (unpaired) electrons. The molecule has 1 unspecified atom stereocenters. The van der Waals surface area contributed by atoms with Gasteiger partial charge in [-0.25, -0.2) is 0 Å². The van der Waals surface area contributed by atoms with E-state index in [2.05, 4.69) is 4.74 Å². The number of rotatable bonds is 6. The summed E-state index contributed by atoms with van der Waals surface area (Å²) in [7, 11) is 0. The predicted molar refractivity (Wildman–Crippen MR) is 71.8 cm³/mol. The zero-order valence-electron chi connectivity index (χ0n) is 11.3. The van der Waals surface area contributed by atoms with Gasteiger partial charge in [0.2, 0.25) is 0 Å². The quantitative estimate of drug-likeness (QED) is 0.885. The summed E-state index contributed by atoms with van der Waals surface area (Å²) in [6, 6.07) is 9.40. The van der Waals surface area contributed by atoms with Gasteiger partial charge in [0.15, 0.2) is 0 Å². The molecule has 0 saturated carbocycles. The van der Waals surface area contributed by atoms with Crippen LogP contribution >= 0.6 is 0 Å². The fraction of sp³-hybridized carbons (Fsp3) is 0.333. The van der Waals surface area contributed by atoms with Crippen molar-refractivity contribution in [3.05, 3.63) is 54.0 Å². The van der Waals surface area contributed by atoms with Crippen LogP contribution in [0.1, 0.15) is 17.7 Å². The number of furan rings is 1. The molecule has 114 valence electrons. The molecular formula is C15H16F3NO2. The van der Waals surface area contributed by atoms with Gasteiger partial charge in [0.05, 0.1) is 6.26 Å². The monoisotopic (exact) mass is 299 g/mol. The van der Waals surface area contributed by atoms with Gasteiger partial charge in [-0.3, -0.25) is 0 Å². The van der Waals surface area contributed by atoms with Crippen LogP contribution in [0.2, 0.25) is 0 Å². The Morgan fingerprint density at radius 3 is 2.43 bits per heavy atom. The standard InChI is InChI=1S/C15H16F3NO2/c16-15(17,18)21-14-6-3-11(4-7-14)10-12(19)5-8-13-2-1-9-20-13/h1-4,6-7,9,12H,5,8,10,19H2. The van der Waals surface area contributed by atoms with Crippen LogP contribution in [-0.2, 0) is 12.8 Å².